The summed E-state index contributed by atoms with van der Waals surface area (Å²) in [6.07, 6.45) is 0.564. The van der Waals surface area contributed by atoms with Gasteiger partial charge >= 0.3 is 5.97 Å². The minimum Gasteiger partial charge on any atom is -0.480 e. The quantitative estimate of drug-likeness (QED) is 0.910. The third-order valence-corrected chi connectivity index (χ3v) is 5.08. The predicted octanol–water partition coefficient (Wildman–Crippen LogP) is 3.12. The molecule has 2 aromatic carbocycles. The van der Waals surface area contributed by atoms with Crippen LogP contribution in [0, 0.1) is 13.8 Å². The first-order valence-corrected chi connectivity index (χ1v) is 8.87. The van der Waals surface area contributed by atoms with E-state index in [9.17, 15) is 9.90 Å². The van der Waals surface area contributed by atoms with Crippen molar-refractivity contribution >= 4 is 11.7 Å². The van der Waals surface area contributed by atoms with Crippen LogP contribution in [0.3, 0.4) is 0 Å². The van der Waals surface area contributed by atoms with Crippen LogP contribution >= 0.6 is 0 Å². The summed E-state index contributed by atoms with van der Waals surface area (Å²) in [4.78, 5) is 16.3. The first-order chi connectivity index (χ1) is 12.0. The summed E-state index contributed by atoms with van der Waals surface area (Å²) in [5, 5.41) is 9.77. The second kappa shape index (κ2) is 7.70. The zero-order valence-electron chi connectivity index (χ0n) is 15.0. The molecule has 1 heterocycles. The van der Waals surface area contributed by atoms with Gasteiger partial charge < -0.3 is 10.0 Å². The number of benzene rings is 2. The lowest BCUT2D eigenvalue weighted by Gasteiger charge is -2.39. The van der Waals surface area contributed by atoms with E-state index in [1.165, 1.54) is 16.8 Å². The van der Waals surface area contributed by atoms with Gasteiger partial charge in [-0.3, -0.25) is 9.69 Å². The topological polar surface area (TPSA) is 43.8 Å². The van der Waals surface area contributed by atoms with Crippen molar-refractivity contribution in [2.75, 3.05) is 31.1 Å². The lowest BCUT2D eigenvalue weighted by molar-refractivity contribution is -0.143. The van der Waals surface area contributed by atoms with Crippen LogP contribution in [0.1, 0.15) is 16.7 Å². The van der Waals surface area contributed by atoms with E-state index in [4.69, 9.17) is 0 Å². The van der Waals surface area contributed by atoms with Gasteiger partial charge in [0.25, 0.3) is 0 Å². The molecule has 0 spiro atoms. The number of carbonyl (C=O) groups is 1. The molecule has 0 aliphatic carbocycles. The fraction of sp³-hybridized carbons (Fsp3) is 0.381. The molecule has 0 radical (unpaired) electrons. The lowest BCUT2D eigenvalue weighted by Crippen LogP contribution is -2.53. The van der Waals surface area contributed by atoms with Gasteiger partial charge in [0, 0.05) is 31.9 Å². The highest BCUT2D eigenvalue weighted by Gasteiger charge is 2.29. The van der Waals surface area contributed by atoms with Crippen LogP contribution in [-0.4, -0.2) is 48.2 Å². The highest BCUT2D eigenvalue weighted by molar-refractivity contribution is 5.74. The highest BCUT2D eigenvalue weighted by atomic mass is 16.4. The molecular formula is C21H26N2O2. The van der Waals surface area contributed by atoms with E-state index < -0.39 is 12.0 Å². The van der Waals surface area contributed by atoms with Gasteiger partial charge in [-0.1, -0.05) is 42.0 Å². The zero-order chi connectivity index (χ0) is 17.8. The maximum atomic E-state index is 11.9. The number of piperazine rings is 1. The van der Waals surface area contributed by atoms with Crippen LogP contribution < -0.4 is 4.90 Å². The standard InChI is InChI=1S/C21H26N2O2/c1-16-8-9-17(2)18(14-16)15-20(21(24)25)23-12-10-22(11-13-23)19-6-4-3-5-7-19/h3-9,14,20H,10-13,15H2,1-2H3,(H,24,25)/t20-/m1/s1. The van der Waals surface area contributed by atoms with Crippen LogP contribution in [0.2, 0.25) is 0 Å². The first kappa shape index (κ1) is 17.5. The number of aryl methyl sites for hydroxylation is 2. The largest absolute Gasteiger partial charge is 0.480 e. The number of aliphatic carboxylic acids is 1. The fourth-order valence-corrected chi connectivity index (χ4v) is 3.53. The van der Waals surface area contributed by atoms with Crippen molar-refractivity contribution in [3.05, 3.63) is 65.2 Å². The number of nitrogens with zero attached hydrogens (tertiary/aromatic N) is 2. The van der Waals surface area contributed by atoms with E-state index in [1.54, 1.807) is 0 Å². The van der Waals surface area contributed by atoms with Gasteiger partial charge in [-0.25, -0.2) is 0 Å². The van der Waals surface area contributed by atoms with E-state index in [1.807, 2.05) is 18.2 Å². The monoisotopic (exact) mass is 338 g/mol. The molecule has 1 atom stereocenters. The van der Waals surface area contributed by atoms with Gasteiger partial charge in [0.2, 0.25) is 0 Å². The van der Waals surface area contributed by atoms with Crippen LogP contribution in [0.15, 0.2) is 48.5 Å². The molecule has 0 saturated carbocycles. The average molecular weight is 338 g/mol. The van der Waals surface area contributed by atoms with Crippen LogP contribution in [0.25, 0.3) is 0 Å². The van der Waals surface area contributed by atoms with E-state index in [0.29, 0.717) is 6.42 Å². The molecular weight excluding hydrogens is 312 g/mol. The summed E-state index contributed by atoms with van der Waals surface area (Å²) >= 11 is 0. The van der Waals surface area contributed by atoms with Gasteiger partial charge in [0.15, 0.2) is 0 Å². The number of hydrogen-bond acceptors (Lipinski definition) is 3. The summed E-state index contributed by atoms with van der Waals surface area (Å²) in [5.74, 6) is -0.728. The van der Waals surface area contributed by atoms with Crippen LogP contribution in [-0.2, 0) is 11.2 Å². The summed E-state index contributed by atoms with van der Waals surface area (Å²) in [6, 6.07) is 16.1. The molecule has 0 amide bonds. The van der Waals surface area contributed by atoms with Gasteiger partial charge in [-0.15, -0.1) is 0 Å². The molecule has 132 valence electrons. The third-order valence-electron chi connectivity index (χ3n) is 5.08. The van der Waals surface area contributed by atoms with E-state index in [0.717, 1.165) is 31.7 Å². The first-order valence-electron chi connectivity index (χ1n) is 8.87. The molecule has 1 aliphatic heterocycles. The second-order valence-corrected chi connectivity index (χ2v) is 6.85. The Labute approximate surface area is 149 Å². The summed E-state index contributed by atoms with van der Waals surface area (Å²) < 4.78 is 0. The number of para-hydroxylation sites is 1. The molecule has 25 heavy (non-hydrogen) atoms. The van der Waals surface area contributed by atoms with Crippen LogP contribution in [0.5, 0.6) is 0 Å². The molecule has 1 aliphatic rings. The van der Waals surface area contributed by atoms with Crippen molar-refractivity contribution in [2.45, 2.75) is 26.3 Å². The highest BCUT2D eigenvalue weighted by Crippen LogP contribution is 2.20. The minimum absolute atomic E-state index is 0.460. The second-order valence-electron chi connectivity index (χ2n) is 6.85. The smallest absolute Gasteiger partial charge is 0.321 e. The maximum absolute atomic E-state index is 11.9. The molecule has 4 nitrogen and oxygen atoms in total. The van der Waals surface area contributed by atoms with Crippen LogP contribution in [0.4, 0.5) is 5.69 Å². The Balaban J connectivity index is 1.68. The van der Waals surface area contributed by atoms with Gasteiger partial charge in [-0.05, 0) is 43.5 Å². The van der Waals surface area contributed by atoms with Crippen molar-refractivity contribution in [2.24, 2.45) is 0 Å². The molecule has 0 aromatic heterocycles. The van der Waals surface area contributed by atoms with E-state index in [-0.39, 0.29) is 0 Å². The van der Waals surface area contributed by atoms with E-state index in [2.05, 4.69) is 54.0 Å². The molecule has 0 unspecified atom stereocenters. The molecule has 0 bridgehead atoms. The number of carboxylic acid groups (broad SMARTS) is 1. The summed E-state index contributed by atoms with van der Waals surface area (Å²) in [7, 11) is 0. The fourth-order valence-electron chi connectivity index (χ4n) is 3.53. The average Bonchev–Trinajstić information content (AvgIpc) is 2.63. The molecule has 1 saturated heterocycles. The maximum Gasteiger partial charge on any atom is 0.321 e. The molecule has 1 fully saturated rings. The molecule has 1 N–H and O–H groups in total. The van der Waals surface area contributed by atoms with Crippen molar-refractivity contribution in [1.82, 2.24) is 4.90 Å². The third kappa shape index (κ3) is 4.20. The summed E-state index contributed by atoms with van der Waals surface area (Å²) in [6.45, 7) is 7.38. The molecule has 4 heteroatoms. The van der Waals surface area contributed by atoms with Gasteiger partial charge in [0.05, 0.1) is 0 Å². The minimum atomic E-state index is -0.728. The zero-order valence-corrected chi connectivity index (χ0v) is 15.0. The van der Waals surface area contributed by atoms with Gasteiger partial charge in [0.1, 0.15) is 6.04 Å². The summed E-state index contributed by atoms with van der Waals surface area (Å²) in [5.41, 5.74) is 4.69. The Bertz CT molecular complexity index is 722. The number of carboxylic acids is 1. The van der Waals surface area contributed by atoms with Crippen molar-refractivity contribution < 1.29 is 9.90 Å². The lowest BCUT2D eigenvalue weighted by atomic mass is 9.97. The van der Waals surface area contributed by atoms with Gasteiger partial charge in [-0.2, -0.15) is 0 Å². The van der Waals surface area contributed by atoms with Crippen molar-refractivity contribution in [3.8, 4) is 0 Å². The Morgan fingerprint density at radius 3 is 2.36 bits per heavy atom. The molecule has 3 rings (SSSR count). The number of hydrogen-bond donors (Lipinski definition) is 1. The Hall–Kier alpha value is -2.33. The number of anilines is 1. The SMILES string of the molecule is Cc1ccc(C)c(C[C@H](C(=O)O)N2CCN(c3ccccc3)CC2)c1. The molecule has 2 aromatic rings. The predicted molar refractivity (Wildman–Crippen MR) is 101 cm³/mol. The van der Waals surface area contributed by atoms with Crippen molar-refractivity contribution in [3.63, 3.8) is 0 Å². The Morgan fingerprint density at radius 2 is 1.72 bits per heavy atom. The Morgan fingerprint density at radius 1 is 1.04 bits per heavy atom. The normalized spacial score (nSPS) is 16.6. The number of rotatable bonds is 5. The van der Waals surface area contributed by atoms with Crippen molar-refractivity contribution in [1.29, 1.82) is 0 Å². The van der Waals surface area contributed by atoms with E-state index >= 15 is 0 Å². The Kier molecular flexibility index (Phi) is 5.39.